The fourth-order valence-electron chi connectivity index (χ4n) is 0.803. The van der Waals surface area contributed by atoms with Gasteiger partial charge in [-0.1, -0.05) is 12.1 Å². The Balaban J connectivity index is 0.000000299. The molecule has 1 aromatic heterocycles. The largest absolute Gasteiger partial charge is 1.00 e. The van der Waals surface area contributed by atoms with Crippen molar-refractivity contribution in [1.82, 2.24) is 4.98 Å². The van der Waals surface area contributed by atoms with Crippen molar-refractivity contribution in [1.29, 1.82) is 0 Å². The molecule has 0 aliphatic heterocycles. The standard InChI is InChI=1S/C7H5NS.Li.H2O3S/c1-2-4-7-6(3-1)8-5-9-7;;1-4(2)3/h1-5H;;(H2,1,2,3)/q;+1;/p-1. The van der Waals surface area contributed by atoms with Gasteiger partial charge in [-0.2, -0.15) is 0 Å². The van der Waals surface area contributed by atoms with Crippen LogP contribution in [0, 0.1) is 0 Å². The fraction of sp³-hybridized carbons (Fsp3) is 0. The van der Waals surface area contributed by atoms with E-state index in [2.05, 4.69) is 11.1 Å². The number of para-hydroxylation sites is 1. The average molecular weight is 223 g/mol. The first kappa shape index (κ1) is 13.8. The van der Waals surface area contributed by atoms with Gasteiger partial charge in [0.25, 0.3) is 0 Å². The Bertz CT molecular complexity index is 372. The molecule has 1 atom stereocenters. The number of fused-ring (bicyclic) bond motifs is 1. The molecule has 0 bridgehead atoms. The van der Waals surface area contributed by atoms with Gasteiger partial charge in [0.05, 0.1) is 27.1 Å². The molecule has 14 heavy (non-hydrogen) atoms. The molecular formula is C7H6LiNO3S2. The Labute approximate surface area is 99.7 Å². The van der Waals surface area contributed by atoms with Crippen LogP contribution >= 0.6 is 11.3 Å². The summed E-state index contributed by atoms with van der Waals surface area (Å²) in [7, 11) is 0. The molecule has 0 amide bonds. The molecule has 0 spiro atoms. The van der Waals surface area contributed by atoms with Crippen molar-refractivity contribution in [2.45, 2.75) is 0 Å². The zero-order chi connectivity index (χ0) is 9.68. The summed E-state index contributed by atoms with van der Waals surface area (Å²) >= 11 is -1.18. The Hall–Kier alpha value is -0.223. The minimum Gasteiger partial charge on any atom is -0.750 e. The van der Waals surface area contributed by atoms with Crippen molar-refractivity contribution in [3.8, 4) is 0 Å². The van der Waals surface area contributed by atoms with Gasteiger partial charge in [0.15, 0.2) is 0 Å². The van der Waals surface area contributed by atoms with Gasteiger partial charge < -0.3 is 9.11 Å². The molecule has 1 N–H and O–H groups in total. The summed E-state index contributed by atoms with van der Waals surface area (Å²) in [6.07, 6.45) is 0. The molecule has 0 aliphatic carbocycles. The van der Waals surface area contributed by atoms with E-state index < -0.39 is 11.4 Å². The van der Waals surface area contributed by atoms with Crippen LogP contribution in [0.1, 0.15) is 0 Å². The number of hydrogen-bond acceptors (Lipinski definition) is 4. The topological polar surface area (TPSA) is 73.2 Å². The molecule has 4 nitrogen and oxygen atoms in total. The van der Waals surface area contributed by atoms with Crippen LogP contribution in [0.2, 0.25) is 0 Å². The van der Waals surface area contributed by atoms with Crippen molar-refractivity contribution in [2.24, 2.45) is 0 Å². The monoisotopic (exact) mass is 223 g/mol. The number of thiazole rings is 1. The maximum atomic E-state index is 8.56. The third-order valence-corrected chi connectivity index (χ3v) is 2.05. The minimum atomic E-state index is -2.86. The Morgan fingerprint density at radius 1 is 1.43 bits per heavy atom. The first-order valence-electron chi connectivity index (χ1n) is 3.26. The second-order valence-electron chi connectivity index (χ2n) is 2.04. The van der Waals surface area contributed by atoms with E-state index in [0.717, 1.165) is 5.52 Å². The molecule has 0 saturated carbocycles. The van der Waals surface area contributed by atoms with Gasteiger partial charge in [-0.3, -0.25) is 0 Å². The van der Waals surface area contributed by atoms with Crippen molar-refractivity contribution < 1.29 is 32.2 Å². The van der Waals surface area contributed by atoms with Crippen molar-refractivity contribution in [2.75, 3.05) is 0 Å². The van der Waals surface area contributed by atoms with Gasteiger partial charge in [0.1, 0.15) is 0 Å². The number of hydrogen-bond donors (Lipinski definition) is 1. The molecule has 0 aliphatic rings. The normalized spacial score (nSPS) is 11.0. The van der Waals surface area contributed by atoms with E-state index >= 15 is 0 Å². The van der Waals surface area contributed by atoms with Crippen LogP contribution in [0.15, 0.2) is 29.8 Å². The first-order chi connectivity index (χ1) is 6.20. The van der Waals surface area contributed by atoms with Crippen LogP contribution < -0.4 is 18.9 Å². The molecular weight excluding hydrogens is 217 g/mol. The molecule has 70 valence electrons. The Kier molecular flexibility index (Phi) is 7.01. The van der Waals surface area contributed by atoms with E-state index in [-0.39, 0.29) is 18.9 Å². The van der Waals surface area contributed by atoms with Crippen molar-refractivity contribution >= 4 is 32.9 Å². The second-order valence-corrected chi connectivity index (χ2v) is 3.36. The van der Waals surface area contributed by atoms with Gasteiger partial charge in [-0.25, -0.2) is 9.19 Å². The molecule has 2 aromatic rings. The summed E-state index contributed by atoms with van der Waals surface area (Å²) in [5, 5.41) is 0. The predicted molar refractivity (Wildman–Crippen MR) is 51.2 cm³/mol. The van der Waals surface area contributed by atoms with Crippen LogP contribution in [0.4, 0.5) is 0 Å². The summed E-state index contributed by atoms with van der Waals surface area (Å²) in [5.74, 6) is 0. The van der Waals surface area contributed by atoms with E-state index in [0.29, 0.717) is 0 Å². The van der Waals surface area contributed by atoms with Gasteiger partial charge in [0, 0.05) is 0 Å². The van der Waals surface area contributed by atoms with Gasteiger partial charge in [-0.15, -0.1) is 11.3 Å². The minimum absolute atomic E-state index is 0. The van der Waals surface area contributed by atoms with E-state index in [1.54, 1.807) is 11.3 Å². The van der Waals surface area contributed by atoms with Crippen LogP contribution in [0.25, 0.3) is 10.2 Å². The zero-order valence-corrected chi connectivity index (χ0v) is 9.05. The van der Waals surface area contributed by atoms with Crippen LogP contribution in [0.5, 0.6) is 0 Å². The molecule has 0 radical (unpaired) electrons. The molecule has 1 heterocycles. The van der Waals surface area contributed by atoms with Crippen LogP contribution in [0.3, 0.4) is 0 Å². The van der Waals surface area contributed by atoms with E-state index in [1.807, 2.05) is 23.7 Å². The summed E-state index contributed by atoms with van der Waals surface area (Å²) in [6.45, 7) is 0. The van der Waals surface area contributed by atoms with Crippen LogP contribution in [-0.4, -0.2) is 18.3 Å². The smallest absolute Gasteiger partial charge is 0.750 e. The summed E-state index contributed by atoms with van der Waals surface area (Å²) < 4.78 is 25.3. The zero-order valence-electron chi connectivity index (χ0n) is 7.41. The third kappa shape index (κ3) is 4.86. The number of nitrogens with zero attached hydrogens (tertiary/aromatic N) is 1. The van der Waals surface area contributed by atoms with Gasteiger partial charge >= 0.3 is 18.9 Å². The first-order valence-corrected chi connectivity index (χ1v) is 5.18. The maximum absolute atomic E-state index is 8.56. The maximum Gasteiger partial charge on any atom is 1.00 e. The summed E-state index contributed by atoms with van der Waals surface area (Å²) in [4.78, 5) is 4.14. The molecule has 1 unspecified atom stereocenters. The fourth-order valence-corrected chi connectivity index (χ4v) is 1.48. The van der Waals surface area contributed by atoms with Gasteiger partial charge in [-0.05, 0) is 12.1 Å². The SMILES string of the molecule is O=S([O-])O.[Li+].c1ccc2scnc2c1. The quantitative estimate of drug-likeness (QED) is 0.442. The molecule has 0 saturated heterocycles. The second kappa shape index (κ2) is 7.12. The number of rotatable bonds is 0. The molecule has 0 fully saturated rings. The Morgan fingerprint density at radius 2 is 2.00 bits per heavy atom. The van der Waals surface area contributed by atoms with E-state index in [9.17, 15) is 0 Å². The summed E-state index contributed by atoms with van der Waals surface area (Å²) in [6, 6.07) is 8.13. The van der Waals surface area contributed by atoms with E-state index in [4.69, 9.17) is 13.3 Å². The van der Waals surface area contributed by atoms with Crippen LogP contribution in [-0.2, 0) is 11.4 Å². The molecule has 1 aromatic carbocycles. The summed E-state index contributed by atoms with van der Waals surface area (Å²) in [5.41, 5.74) is 2.97. The number of aromatic nitrogens is 1. The van der Waals surface area contributed by atoms with Gasteiger partial charge in [0.2, 0.25) is 0 Å². The van der Waals surface area contributed by atoms with Crippen molar-refractivity contribution in [3.05, 3.63) is 29.8 Å². The van der Waals surface area contributed by atoms with Crippen molar-refractivity contribution in [3.63, 3.8) is 0 Å². The molecule has 2 rings (SSSR count). The molecule has 7 heteroatoms. The number of benzene rings is 1. The predicted octanol–water partition coefficient (Wildman–Crippen LogP) is -1.36. The third-order valence-electron chi connectivity index (χ3n) is 1.24. The van der Waals surface area contributed by atoms with E-state index in [1.165, 1.54) is 4.70 Å². The Morgan fingerprint density at radius 3 is 2.57 bits per heavy atom. The average Bonchev–Trinajstić information content (AvgIpc) is 2.49.